The molecule has 0 spiro atoms. The Balaban J connectivity index is 2.92. The third-order valence-corrected chi connectivity index (χ3v) is 1.90. The van der Waals surface area contributed by atoms with Gasteiger partial charge in [0.05, 0.1) is 6.61 Å². The summed E-state index contributed by atoms with van der Waals surface area (Å²) in [6.45, 7) is 2.10. The number of ether oxygens (including phenoxy) is 1. The Morgan fingerprint density at radius 1 is 1.27 bits per heavy atom. The number of benzene rings is 1. The van der Waals surface area contributed by atoms with Crippen LogP contribution in [0.2, 0.25) is 0 Å². The zero-order chi connectivity index (χ0) is 11.1. The standard InChI is InChI=1S/C12H16O3/c1-2-8-15-12(11(14)9-13)10-6-4-3-5-7-10/h3-7,13-14H,2,8-9H2,1H3. The van der Waals surface area contributed by atoms with Crippen LogP contribution in [-0.2, 0) is 4.74 Å². The van der Waals surface area contributed by atoms with Crippen LogP contribution in [0, 0.1) is 0 Å². The normalized spacial score (nSPS) is 12.1. The summed E-state index contributed by atoms with van der Waals surface area (Å²) in [7, 11) is 0. The van der Waals surface area contributed by atoms with E-state index in [-0.39, 0.29) is 5.76 Å². The first-order valence-corrected chi connectivity index (χ1v) is 5.00. The van der Waals surface area contributed by atoms with Crippen molar-refractivity contribution in [2.75, 3.05) is 13.2 Å². The quantitative estimate of drug-likeness (QED) is 0.730. The number of hydrogen-bond acceptors (Lipinski definition) is 3. The van der Waals surface area contributed by atoms with Crippen molar-refractivity contribution in [3.8, 4) is 0 Å². The maximum atomic E-state index is 9.50. The molecule has 3 nitrogen and oxygen atoms in total. The number of aliphatic hydroxyl groups is 2. The van der Waals surface area contributed by atoms with Gasteiger partial charge >= 0.3 is 0 Å². The number of hydrogen-bond donors (Lipinski definition) is 2. The van der Waals surface area contributed by atoms with E-state index in [9.17, 15) is 5.11 Å². The Hall–Kier alpha value is -1.48. The Kier molecular flexibility index (Phi) is 4.71. The highest BCUT2D eigenvalue weighted by Gasteiger charge is 2.08. The first kappa shape index (κ1) is 11.6. The fourth-order valence-electron chi connectivity index (χ4n) is 1.20. The van der Waals surface area contributed by atoms with Crippen LogP contribution in [0.3, 0.4) is 0 Å². The van der Waals surface area contributed by atoms with Gasteiger partial charge in [-0.05, 0) is 6.42 Å². The lowest BCUT2D eigenvalue weighted by Gasteiger charge is -2.11. The third kappa shape index (κ3) is 3.29. The van der Waals surface area contributed by atoms with Crippen molar-refractivity contribution in [3.63, 3.8) is 0 Å². The van der Waals surface area contributed by atoms with E-state index in [4.69, 9.17) is 9.84 Å². The average molecular weight is 208 g/mol. The van der Waals surface area contributed by atoms with E-state index >= 15 is 0 Å². The molecule has 0 saturated carbocycles. The summed E-state index contributed by atoms with van der Waals surface area (Å²) in [6, 6.07) is 9.26. The monoisotopic (exact) mass is 208 g/mol. The summed E-state index contributed by atoms with van der Waals surface area (Å²) < 4.78 is 5.40. The van der Waals surface area contributed by atoms with Crippen LogP contribution in [0.5, 0.6) is 0 Å². The summed E-state index contributed by atoms with van der Waals surface area (Å²) in [5.74, 6) is 0.231. The molecule has 2 N–H and O–H groups in total. The van der Waals surface area contributed by atoms with E-state index in [1.807, 2.05) is 37.3 Å². The van der Waals surface area contributed by atoms with Crippen LogP contribution in [-0.4, -0.2) is 23.4 Å². The fourth-order valence-corrected chi connectivity index (χ4v) is 1.20. The zero-order valence-corrected chi connectivity index (χ0v) is 8.81. The Morgan fingerprint density at radius 2 is 1.93 bits per heavy atom. The molecular formula is C12H16O3. The molecule has 0 fully saturated rings. The molecule has 0 aromatic heterocycles. The lowest BCUT2D eigenvalue weighted by molar-refractivity contribution is 0.219. The van der Waals surface area contributed by atoms with Gasteiger partial charge in [-0.15, -0.1) is 0 Å². The van der Waals surface area contributed by atoms with Crippen LogP contribution in [0.1, 0.15) is 18.9 Å². The van der Waals surface area contributed by atoms with E-state index in [1.54, 1.807) is 0 Å². The molecule has 0 radical (unpaired) electrons. The topological polar surface area (TPSA) is 49.7 Å². The van der Waals surface area contributed by atoms with Gasteiger partial charge in [0.15, 0.2) is 11.5 Å². The van der Waals surface area contributed by atoms with Crippen LogP contribution < -0.4 is 0 Å². The molecule has 0 aliphatic carbocycles. The van der Waals surface area contributed by atoms with Crippen molar-refractivity contribution >= 4 is 5.76 Å². The molecule has 82 valence electrons. The van der Waals surface area contributed by atoms with Crippen LogP contribution >= 0.6 is 0 Å². The molecular weight excluding hydrogens is 192 g/mol. The smallest absolute Gasteiger partial charge is 0.166 e. The van der Waals surface area contributed by atoms with E-state index in [0.717, 1.165) is 12.0 Å². The van der Waals surface area contributed by atoms with E-state index in [1.165, 1.54) is 0 Å². The van der Waals surface area contributed by atoms with Crippen molar-refractivity contribution in [2.45, 2.75) is 13.3 Å². The van der Waals surface area contributed by atoms with Crippen molar-refractivity contribution in [1.82, 2.24) is 0 Å². The van der Waals surface area contributed by atoms with Gasteiger partial charge in [-0.1, -0.05) is 37.3 Å². The van der Waals surface area contributed by atoms with Gasteiger partial charge in [0.25, 0.3) is 0 Å². The number of aliphatic hydroxyl groups excluding tert-OH is 2. The lowest BCUT2D eigenvalue weighted by Crippen LogP contribution is -2.01. The highest BCUT2D eigenvalue weighted by Crippen LogP contribution is 2.18. The second kappa shape index (κ2) is 6.09. The highest BCUT2D eigenvalue weighted by molar-refractivity contribution is 5.61. The van der Waals surface area contributed by atoms with E-state index in [0.29, 0.717) is 12.4 Å². The summed E-state index contributed by atoms with van der Waals surface area (Å²) in [5.41, 5.74) is 0.775. The van der Waals surface area contributed by atoms with Crippen LogP contribution in [0.25, 0.3) is 5.76 Å². The molecule has 0 aliphatic heterocycles. The second-order valence-electron chi connectivity index (χ2n) is 3.15. The van der Waals surface area contributed by atoms with Crippen molar-refractivity contribution < 1.29 is 14.9 Å². The van der Waals surface area contributed by atoms with Crippen molar-refractivity contribution in [1.29, 1.82) is 0 Å². The molecule has 1 aromatic rings. The minimum absolute atomic E-state index is 0.130. The maximum Gasteiger partial charge on any atom is 0.166 e. The number of rotatable bonds is 5. The van der Waals surface area contributed by atoms with Gasteiger partial charge in [-0.2, -0.15) is 0 Å². The first-order chi connectivity index (χ1) is 7.29. The predicted octanol–water partition coefficient (Wildman–Crippen LogP) is 2.33. The first-order valence-electron chi connectivity index (χ1n) is 5.00. The van der Waals surface area contributed by atoms with Crippen molar-refractivity contribution in [3.05, 3.63) is 41.7 Å². The Bertz CT molecular complexity index is 317. The minimum atomic E-state index is -0.409. The second-order valence-corrected chi connectivity index (χ2v) is 3.15. The SMILES string of the molecule is CCCOC(=C(O)CO)c1ccccc1. The Labute approximate surface area is 89.6 Å². The fraction of sp³-hybridized carbons (Fsp3) is 0.333. The van der Waals surface area contributed by atoms with Gasteiger partial charge in [-0.3, -0.25) is 0 Å². The zero-order valence-electron chi connectivity index (χ0n) is 8.81. The largest absolute Gasteiger partial charge is 0.506 e. The molecule has 0 saturated heterocycles. The van der Waals surface area contributed by atoms with E-state index < -0.39 is 6.61 Å². The summed E-state index contributed by atoms with van der Waals surface area (Å²) in [5, 5.41) is 18.4. The predicted molar refractivity (Wildman–Crippen MR) is 59.3 cm³/mol. The van der Waals surface area contributed by atoms with Crippen LogP contribution in [0.15, 0.2) is 36.1 Å². The molecule has 1 rings (SSSR count). The van der Waals surface area contributed by atoms with Crippen molar-refractivity contribution in [2.24, 2.45) is 0 Å². The van der Waals surface area contributed by atoms with Gasteiger partial charge < -0.3 is 14.9 Å². The molecule has 0 amide bonds. The molecule has 3 heteroatoms. The molecule has 0 bridgehead atoms. The van der Waals surface area contributed by atoms with Gasteiger partial charge in [-0.25, -0.2) is 0 Å². The molecule has 15 heavy (non-hydrogen) atoms. The Morgan fingerprint density at radius 3 is 2.47 bits per heavy atom. The van der Waals surface area contributed by atoms with Crippen LogP contribution in [0.4, 0.5) is 0 Å². The molecule has 0 heterocycles. The van der Waals surface area contributed by atoms with Gasteiger partial charge in [0.1, 0.15) is 6.61 Å². The highest BCUT2D eigenvalue weighted by atomic mass is 16.5. The third-order valence-electron chi connectivity index (χ3n) is 1.90. The summed E-state index contributed by atoms with van der Waals surface area (Å²) >= 11 is 0. The lowest BCUT2D eigenvalue weighted by atomic mass is 10.1. The summed E-state index contributed by atoms with van der Waals surface area (Å²) in [4.78, 5) is 0. The maximum absolute atomic E-state index is 9.50. The molecule has 0 aliphatic rings. The van der Waals surface area contributed by atoms with Gasteiger partial charge in [0.2, 0.25) is 0 Å². The molecule has 1 aromatic carbocycles. The summed E-state index contributed by atoms with van der Waals surface area (Å²) in [6.07, 6.45) is 0.856. The molecule has 0 unspecified atom stereocenters. The average Bonchev–Trinajstić information content (AvgIpc) is 2.30. The van der Waals surface area contributed by atoms with E-state index in [2.05, 4.69) is 0 Å². The molecule has 0 atom stereocenters. The minimum Gasteiger partial charge on any atom is -0.506 e. The van der Waals surface area contributed by atoms with Gasteiger partial charge in [0, 0.05) is 5.56 Å².